The van der Waals surface area contributed by atoms with Crippen molar-refractivity contribution in [2.45, 2.75) is 59.7 Å². The molecule has 0 N–H and O–H groups in total. The Morgan fingerprint density at radius 2 is 1.92 bits per heavy atom. The van der Waals surface area contributed by atoms with Crippen LogP contribution in [0.3, 0.4) is 0 Å². The van der Waals surface area contributed by atoms with E-state index in [0.29, 0.717) is 12.0 Å². The van der Waals surface area contributed by atoms with Crippen molar-refractivity contribution in [1.29, 1.82) is 0 Å². The zero-order valence-electron chi connectivity index (χ0n) is 16.4. The van der Waals surface area contributed by atoms with Crippen LogP contribution in [0.1, 0.15) is 44.0 Å². The molecule has 0 saturated heterocycles. The SMILES string of the molecule is Cc1cc2c(N3Cc4ccccc4CC3C)nccc2n1CCC(C)C. The normalized spacial score (nSPS) is 17.1. The molecule has 1 aliphatic heterocycles. The molecule has 0 spiro atoms. The Labute approximate surface area is 156 Å². The predicted molar refractivity (Wildman–Crippen MR) is 110 cm³/mol. The molecule has 2 aromatic heterocycles. The van der Waals surface area contributed by atoms with Crippen LogP contribution in [0.2, 0.25) is 0 Å². The second-order valence-corrected chi connectivity index (χ2v) is 8.14. The van der Waals surface area contributed by atoms with Crippen LogP contribution in [0, 0.1) is 12.8 Å². The molecule has 136 valence electrons. The second kappa shape index (κ2) is 6.79. The van der Waals surface area contributed by atoms with Crippen molar-refractivity contribution < 1.29 is 0 Å². The van der Waals surface area contributed by atoms with Crippen molar-refractivity contribution in [3.8, 4) is 0 Å². The smallest absolute Gasteiger partial charge is 0.138 e. The Bertz CT molecular complexity index is 922. The third-order valence-corrected chi connectivity index (χ3v) is 5.72. The fourth-order valence-electron chi connectivity index (χ4n) is 4.18. The van der Waals surface area contributed by atoms with E-state index in [4.69, 9.17) is 4.98 Å². The summed E-state index contributed by atoms with van der Waals surface area (Å²) in [6.07, 6.45) is 4.27. The molecular weight excluding hydrogens is 318 g/mol. The van der Waals surface area contributed by atoms with Gasteiger partial charge in [0.2, 0.25) is 0 Å². The molecule has 0 fully saturated rings. The van der Waals surface area contributed by atoms with Gasteiger partial charge in [0.1, 0.15) is 5.82 Å². The van der Waals surface area contributed by atoms with Gasteiger partial charge in [0.05, 0.1) is 5.52 Å². The largest absolute Gasteiger partial charge is 0.349 e. The van der Waals surface area contributed by atoms with Crippen LogP contribution in [-0.4, -0.2) is 15.6 Å². The van der Waals surface area contributed by atoms with E-state index >= 15 is 0 Å². The van der Waals surface area contributed by atoms with Gasteiger partial charge >= 0.3 is 0 Å². The Kier molecular flexibility index (Phi) is 4.47. The summed E-state index contributed by atoms with van der Waals surface area (Å²) >= 11 is 0. The first-order valence-electron chi connectivity index (χ1n) is 9.83. The maximum atomic E-state index is 4.82. The van der Waals surface area contributed by atoms with Crippen molar-refractivity contribution >= 4 is 16.7 Å². The summed E-state index contributed by atoms with van der Waals surface area (Å²) < 4.78 is 2.46. The Morgan fingerprint density at radius 1 is 1.15 bits per heavy atom. The molecule has 0 saturated carbocycles. The number of benzene rings is 1. The van der Waals surface area contributed by atoms with Crippen LogP contribution in [0.5, 0.6) is 0 Å². The average Bonchev–Trinajstić information content (AvgIpc) is 2.94. The molecule has 0 bridgehead atoms. The molecular formula is C23H29N3. The van der Waals surface area contributed by atoms with Crippen LogP contribution < -0.4 is 4.90 Å². The van der Waals surface area contributed by atoms with Gasteiger partial charge in [-0.15, -0.1) is 0 Å². The lowest BCUT2D eigenvalue weighted by Crippen LogP contribution is -2.39. The standard InChI is InChI=1S/C23H29N3/c1-16(2)10-12-25-18(4)14-21-22(25)9-11-24-23(21)26-15-20-8-6-5-7-19(20)13-17(26)3/h5-9,11,14,16-17H,10,12-13,15H2,1-4H3. The minimum absolute atomic E-state index is 0.460. The van der Waals surface area contributed by atoms with Gasteiger partial charge in [-0.2, -0.15) is 0 Å². The van der Waals surface area contributed by atoms with E-state index in [1.165, 1.54) is 34.1 Å². The van der Waals surface area contributed by atoms with E-state index in [9.17, 15) is 0 Å². The van der Waals surface area contributed by atoms with Crippen molar-refractivity contribution in [3.63, 3.8) is 0 Å². The first-order chi connectivity index (χ1) is 12.5. The van der Waals surface area contributed by atoms with Gasteiger partial charge in [0.15, 0.2) is 0 Å². The van der Waals surface area contributed by atoms with Gasteiger partial charge in [0, 0.05) is 36.4 Å². The van der Waals surface area contributed by atoms with Crippen molar-refractivity contribution in [2.24, 2.45) is 5.92 Å². The molecule has 4 rings (SSSR count). The number of hydrogen-bond donors (Lipinski definition) is 0. The minimum Gasteiger partial charge on any atom is -0.349 e. The van der Waals surface area contributed by atoms with E-state index in [0.717, 1.165) is 25.3 Å². The zero-order chi connectivity index (χ0) is 18.3. The number of aromatic nitrogens is 2. The van der Waals surface area contributed by atoms with Gasteiger partial charge in [-0.05, 0) is 55.9 Å². The van der Waals surface area contributed by atoms with Gasteiger partial charge in [0.25, 0.3) is 0 Å². The Morgan fingerprint density at radius 3 is 2.69 bits per heavy atom. The summed E-state index contributed by atoms with van der Waals surface area (Å²) in [7, 11) is 0. The topological polar surface area (TPSA) is 21.1 Å². The first kappa shape index (κ1) is 17.1. The van der Waals surface area contributed by atoms with Crippen LogP contribution >= 0.6 is 0 Å². The van der Waals surface area contributed by atoms with Crippen LogP contribution in [-0.2, 0) is 19.5 Å². The van der Waals surface area contributed by atoms with Crippen molar-refractivity contribution in [1.82, 2.24) is 9.55 Å². The van der Waals surface area contributed by atoms with Gasteiger partial charge in [-0.3, -0.25) is 0 Å². The highest BCUT2D eigenvalue weighted by Gasteiger charge is 2.25. The summed E-state index contributed by atoms with van der Waals surface area (Å²) in [5, 5.41) is 1.29. The highest BCUT2D eigenvalue weighted by atomic mass is 15.2. The van der Waals surface area contributed by atoms with E-state index in [1.807, 2.05) is 6.20 Å². The lowest BCUT2D eigenvalue weighted by atomic mass is 9.94. The summed E-state index contributed by atoms with van der Waals surface area (Å²) in [5.74, 6) is 1.85. The lowest BCUT2D eigenvalue weighted by molar-refractivity contribution is 0.519. The van der Waals surface area contributed by atoms with E-state index in [-0.39, 0.29) is 0 Å². The molecule has 0 aliphatic carbocycles. The Hall–Kier alpha value is -2.29. The highest BCUT2D eigenvalue weighted by molar-refractivity contribution is 5.91. The number of aryl methyl sites for hydroxylation is 2. The number of rotatable bonds is 4. The van der Waals surface area contributed by atoms with Gasteiger partial charge in [-0.1, -0.05) is 38.1 Å². The molecule has 0 radical (unpaired) electrons. The van der Waals surface area contributed by atoms with Gasteiger partial charge in [-0.25, -0.2) is 4.98 Å². The molecule has 0 amide bonds. The minimum atomic E-state index is 0.460. The molecule has 1 atom stereocenters. The summed E-state index contributed by atoms with van der Waals surface area (Å²) in [6.45, 7) is 11.1. The fraction of sp³-hybridized carbons (Fsp3) is 0.435. The molecule has 3 heterocycles. The quantitative estimate of drug-likeness (QED) is 0.635. The zero-order valence-corrected chi connectivity index (χ0v) is 16.4. The molecule has 1 aliphatic rings. The molecule has 1 aromatic carbocycles. The second-order valence-electron chi connectivity index (χ2n) is 8.14. The molecule has 3 nitrogen and oxygen atoms in total. The van der Waals surface area contributed by atoms with E-state index in [1.54, 1.807) is 0 Å². The predicted octanol–water partition coefficient (Wildman–Crippen LogP) is 5.34. The highest BCUT2D eigenvalue weighted by Crippen LogP contribution is 2.33. The Balaban J connectivity index is 1.74. The van der Waals surface area contributed by atoms with Crippen molar-refractivity contribution in [3.05, 3.63) is 59.4 Å². The summed E-state index contributed by atoms with van der Waals surface area (Å²) in [5.41, 5.74) is 5.56. The van der Waals surface area contributed by atoms with Crippen LogP contribution in [0.25, 0.3) is 10.9 Å². The average molecular weight is 348 g/mol. The number of fused-ring (bicyclic) bond motifs is 2. The maximum Gasteiger partial charge on any atom is 0.138 e. The number of anilines is 1. The fourth-order valence-corrected chi connectivity index (χ4v) is 4.18. The maximum absolute atomic E-state index is 4.82. The molecule has 26 heavy (non-hydrogen) atoms. The molecule has 1 unspecified atom stereocenters. The van der Waals surface area contributed by atoms with E-state index in [2.05, 4.69) is 73.6 Å². The van der Waals surface area contributed by atoms with Gasteiger partial charge < -0.3 is 9.47 Å². The molecule has 3 aromatic rings. The number of nitrogens with zero attached hydrogens (tertiary/aromatic N) is 3. The summed E-state index contributed by atoms with van der Waals surface area (Å²) in [6, 6.07) is 13.8. The number of pyridine rings is 1. The third kappa shape index (κ3) is 3.00. The van der Waals surface area contributed by atoms with E-state index < -0.39 is 0 Å². The number of hydrogen-bond acceptors (Lipinski definition) is 2. The van der Waals surface area contributed by atoms with Crippen LogP contribution in [0.4, 0.5) is 5.82 Å². The first-order valence-corrected chi connectivity index (χ1v) is 9.83. The third-order valence-electron chi connectivity index (χ3n) is 5.72. The monoisotopic (exact) mass is 347 g/mol. The molecule has 3 heteroatoms. The lowest BCUT2D eigenvalue weighted by Gasteiger charge is -2.36. The van der Waals surface area contributed by atoms with Crippen LogP contribution in [0.15, 0.2) is 42.6 Å². The van der Waals surface area contributed by atoms with Crippen molar-refractivity contribution in [2.75, 3.05) is 4.90 Å². The summed E-state index contributed by atoms with van der Waals surface area (Å²) in [4.78, 5) is 7.30.